The third-order valence-electron chi connectivity index (χ3n) is 2.84. The number of carbonyl (C=O) groups is 1. The molecule has 6 nitrogen and oxygen atoms in total. The Morgan fingerprint density at radius 1 is 1.45 bits per heavy atom. The number of carbonyl (C=O) groups excluding carboxylic acids is 1. The van der Waals surface area contributed by atoms with Gasteiger partial charge < -0.3 is 19.8 Å². The van der Waals surface area contributed by atoms with E-state index < -0.39 is 5.97 Å². The maximum atomic E-state index is 12.0. The summed E-state index contributed by atoms with van der Waals surface area (Å²) in [5, 5.41) is 0. The molecule has 0 aliphatic rings. The van der Waals surface area contributed by atoms with E-state index in [1.54, 1.807) is 30.7 Å². The molecule has 0 fully saturated rings. The highest BCUT2D eigenvalue weighted by Gasteiger charge is 2.16. The fourth-order valence-electron chi connectivity index (χ4n) is 1.84. The van der Waals surface area contributed by atoms with Gasteiger partial charge in [-0.25, -0.2) is 9.78 Å². The Balaban J connectivity index is 1.89. The van der Waals surface area contributed by atoms with Crippen molar-refractivity contribution in [2.24, 2.45) is 0 Å². The van der Waals surface area contributed by atoms with Crippen LogP contribution in [0.25, 0.3) is 0 Å². The first-order chi connectivity index (χ1) is 9.72. The molecule has 0 aliphatic carbocycles. The summed E-state index contributed by atoms with van der Waals surface area (Å²) in [6.45, 7) is 1.06. The maximum absolute atomic E-state index is 12.0. The van der Waals surface area contributed by atoms with E-state index >= 15 is 0 Å². The van der Waals surface area contributed by atoms with Crippen molar-refractivity contribution in [3.63, 3.8) is 0 Å². The van der Waals surface area contributed by atoms with Crippen molar-refractivity contribution >= 4 is 11.7 Å². The number of aryl methyl sites for hydroxylation is 1. The van der Waals surface area contributed by atoms with E-state index in [9.17, 15) is 4.79 Å². The van der Waals surface area contributed by atoms with E-state index in [2.05, 4.69) is 4.98 Å². The molecule has 0 saturated carbocycles. The number of methoxy groups -OCH3 is 1. The predicted molar refractivity (Wildman–Crippen MR) is 74.5 cm³/mol. The summed E-state index contributed by atoms with van der Waals surface area (Å²) in [6, 6.07) is 5.05. The Labute approximate surface area is 117 Å². The van der Waals surface area contributed by atoms with Crippen LogP contribution >= 0.6 is 0 Å². The van der Waals surface area contributed by atoms with Gasteiger partial charge in [-0.3, -0.25) is 0 Å². The Kier molecular flexibility index (Phi) is 4.60. The predicted octanol–water partition coefficient (Wildman–Crippen LogP) is 1.72. The molecule has 0 bridgehead atoms. The summed E-state index contributed by atoms with van der Waals surface area (Å²) in [4.78, 5) is 15.9. The minimum atomic E-state index is -0.467. The van der Waals surface area contributed by atoms with Crippen LogP contribution in [0.15, 0.2) is 36.9 Å². The van der Waals surface area contributed by atoms with E-state index in [0.29, 0.717) is 24.5 Å². The lowest BCUT2D eigenvalue weighted by molar-refractivity contribution is 0.0493. The third-order valence-corrected chi connectivity index (χ3v) is 2.84. The molecule has 2 N–H and O–H groups in total. The highest BCUT2D eigenvalue weighted by molar-refractivity contribution is 5.98. The van der Waals surface area contributed by atoms with Crippen LogP contribution < -0.4 is 10.5 Å². The number of hydrogen-bond donors (Lipinski definition) is 1. The summed E-state index contributed by atoms with van der Waals surface area (Å²) in [7, 11) is 1.49. The van der Waals surface area contributed by atoms with Crippen molar-refractivity contribution in [1.82, 2.24) is 9.55 Å². The molecular weight excluding hydrogens is 258 g/mol. The zero-order valence-electron chi connectivity index (χ0n) is 11.3. The van der Waals surface area contributed by atoms with Crippen LogP contribution in [0.5, 0.6) is 5.75 Å². The largest absolute Gasteiger partial charge is 0.496 e. The van der Waals surface area contributed by atoms with Crippen LogP contribution in [0.3, 0.4) is 0 Å². The zero-order chi connectivity index (χ0) is 14.4. The van der Waals surface area contributed by atoms with E-state index in [1.807, 2.05) is 10.8 Å². The van der Waals surface area contributed by atoms with Crippen LogP contribution in [-0.2, 0) is 11.3 Å². The molecule has 0 radical (unpaired) electrons. The molecule has 20 heavy (non-hydrogen) atoms. The summed E-state index contributed by atoms with van der Waals surface area (Å²) in [5.41, 5.74) is 6.41. The van der Waals surface area contributed by atoms with Crippen LogP contribution in [0, 0.1) is 0 Å². The number of nitrogens with zero attached hydrogens (tertiary/aromatic N) is 2. The van der Waals surface area contributed by atoms with Gasteiger partial charge in [0.15, 0.2) is 0 Å². The second-order valence-corrected chi connectivity index (χ2v) is 4.21. The van der Waals surface area contributed by atoms with Gasteiger partial charge in [-0.2, -0.15) is 0 Å². The molecule has 106 valence electrons. The Morgan fingerprint density at radius 2 is 2.30 bits per heavy atom. The number of rotatable bonds is 6. The molecule has 0 spiro atoms. The topological polar surface area (TPSA) is 79.4 Å². The van der Waals surface area contributed by atoms with Crippen LogP contribution in [0.4, 0.5) is 5.69 Å². The standard InChI is InChI=1S/C14H17N3O3/c1-19-12-5-2-4-11(15)13(12)14(18)20-9-3-7-17-8-6-16-10-17/h2,4-6,8,10H,3,7,9,15H2,1H3. The van der Waals surface area contributed by atoms with Crippen molar-refractivity contribution in [1.29, 1.82) is 0 Å². The molecule has 6 heteroatoms. The van der Waals surface area contributed by atoms with E-state index in [1.165, 1.54) is 7.11 Å². The van der Waals surface area contributed by atoms with Gasteiger partial charge >= 0.3 is 5.97 Å². The molecule has 2 aromatic rings. The average Bonchev–Trinajstić information content (AvgIpc) is 2.96. The van der Waals surface area contributed by atoms with Gasteiger partial charge in [-0.05, 0) is 18.6 Å². The number of anilines is 1. The van der Waals surface area contributed by atoms with Crippen molar-refractivity contribution in [3.8, 4) is 5.75 Å². The number of hydrogen-bond acceptors (Lipinski definition) is 5. The molecule has 0 amide bonds. The van der Waals surface area contributed by atoms with Crippen molar-refractivity contribution in [3.05, 3.63) is 42.5 Å². The number of benzene rings is 1. The molecule has 0 unspecified atom stereocenters. The van der Waals surface area contributed by atoms with Gasteiger partial charge in [0.1, 0.15) is 11.3 Å². The van der Waals surface area contributed by atoms with Crippen LogP contribution in [0.2, 0.25) is 0 Å². The second kappa shape index (κ2) is 6.60. The van der Waals surface area contributed by atoms with Crippen LogP contribution in [0.1, 0.15) is 16.8 Å². The molecule has 0 saturated heterocycles. The number of aromatic nitrogens is 2. The highest BCUT2D eigenvalue weighted by atomic mass is 16.5. The number of imidazole rings is 1. The van der Waals surface area contributed by atoms with Crippen molar-refractivity contribution in [2.75, 3.05) is 19.5 Å². The van der Waals surface area contributed by atoms with Crippen molar-refractivity contribution in [2.45, 2.75) is 13.0 Å². The molecule has 1 aromatic carbocycles. The van der Waals surface area contributed by atoms with Gasteiger partial charge in [-0.1, -0.05) is 6.07 Å². The summed E-state index contributed by atoms with van der Waals surface area (Å²) < 4.78 is 12.3. The lowest BCUT2D eigenvalue weighted by Crippen LogP contribution is -2.12. The second-order valence-electron chi connectivity index (χ2n) is 4.21. The average molecular weight is 275 g/mol. The fraction of sp³-hybridized carbons (Fsp3) is 0.286. The Morgan fingerprint density at radius 3 is 3.00 bits per heavy atom. The van der Waals surface area contributed by atoms with Gasteiger partial charge in [0.25, 0.3) is 0 Å². The molecule has 2 rings (SSSR count). The number of nitrogen functional groups attached to an aromatic ring is 1. The maximum Gasteiger partial charge on any atom is 0.344 e. The van der Waals surface area contributed by atoms with Gasteiger partial charge in [0.2, 0.25) is 0 Å². The third kappa shape index (κ3) is 3.28. The zero-order valence-corrected chi connectivity index (χ0v) is 11.3. The first-order valence-corrected chi connectivity index (χ1v) is 6.27. The monoisotopic (exact) mass is 275 g/mol. The minimum absolute atomic E-state index is 0.276. The minimum Gasteiger partial charge on any atom is -0.496 e. The van der Waals surface area contributed by atoms with Crippen molar-refractivity contribution < 1.29 is 14.3 Å². The smallest absolute Gasteiger partial charge is 0.344 e. The van der Waals surface area contributed by atoms with Gasteiger partial charge in [0, 0.05) is 24.6 Å². The molecule has 0 aliphatic heterocycles. The number of esters is 1. The SMILES string of the molecule is COc1cccc(N)c1C(=O)OCCCn1ccnc1. The van der Waals surface area contributed by atoms with E-state index in [0.717, 1.165) is 6.54 Å². The first-order valence-electron chi connectivity index (χ1n) is 6.27. The lowest BCUT2D eigenvalue weighted by atomic mass is 10.1. The highest BCUT2D eigenvalue weighted by Crippen LogP contribution is 2.24. The molecule has 0 atom stereocenters. The molecule has 1 aromatic heterocycles. The lowest BCUT2D eigenvalue weighted by Gasteiger charge is -2.11. The van der Waals surface area contributed by atoms with E-state index in [4.69, 9.17) is 15.2 Å². The Hall–Kier alpha value is -2.50. The van der Waals surface area contributed by atoms with Gasteiger partial charge in [0.05, 0.1) is 20.0 Å². The van der Waals surface area contributed by atoms with Crippen LogP contribution in [-0.4, -0.2) is 29.2 Å². The first kappa shape index (κ1) is 13.9. The summed E-state index contributed by atoms with van der Waals surface area (Å²) in [6.07, 6.45) is 6.00. The normalized spacial score (nSPS) is 10.2. The number of ether oxygens (including phenoxy) is 2. The molecular formula is C14H17N3O3. The summed E-state index contributed by atoms with van der Waals surface area (Å²) in [5.74, 6) is -0.0461. The molecule has 1 heterocycles. The Bertz CT molecular complexity index is 567. The number of nitrogens with two attached hydrogens (primary N) is 1. The summed E-state index contributed by atoms with van der Waals surface area (Å²) >= 11 is 0. The quantitative estimate of drug-likeness (QED) is 0.493. The van der Waals surface area contributed by atoms with E-state index in [-0.39, 0.29) is 5.56 Å². The van der Waals surface area contributed by atoms with Gasteiger partial charge in [-0.15, -0.1) is 0 Å². The fourth-order valence-corrected chi connectivity index (χ4v) is 1.84.